The topological polar surface area (TPSA) is 43.1 Å². The number of primary amides is 1. The summed E-state index contributed by atoms with van der Waals surface area (Å²) in [6.07, 6.45) is 0. The summed E-state index contributed by atoms with van der Waals surface area (Å²) in [4.78, 5) is 11.0. The van der Waals surface area contributed by atoms with E-state index < -0.39 is 5.91 Å². The van der Waals surface area contributed by atoms with Gasteiger partial charge in [0, 0.05) is 5.56 Å². The van der Waals surface area contributed by atoms with Crippen LogP contribution in [-0.2, 0) is 0 Å². The smallest absolute Gasteiger partial charge is 0.248 e. The summed E-state index contributed by atoms with van der Waals surface area (Å²) < 4.78 is 0. The summed E-state index contributed by atoms with van der Waals surface area (Å²) in [6.45, 7) is 4.35. The average molecular weight is 239 g/mol. The van der Waals surface area contributed by atoms with Crippen molar-refractivity contribution in [2.75, 3.05) is 0 Å². The van der Waals surface area contributed by atoms with Gasteiger partial charge in [-0.2, -0.15) is 0 Å². The fourth-order valence-electron chi connectivity index (χ4n) is 1.90. The molecule has 0 unspecified atom stereocenters. The van der Waals surface area contributed by atoms with E-state index in [2.05, 4.69) is 38.1 Å². The van der Waals surface area contributed by atoms with Crippen LogP contribution in [0.3, 0.4) is 0 Å². The lowest BCUT2D eigenvalue weighted by Gasteiger charge is -2.08. The van der Waals surface area contributed by atoms with Crippen LogP contribution in [0.2, 0.25) is 0 Å². The molecule has 2 N–H and O–H groups in total. The molecule has 0 heterocycles. The molecular weight excluding hydrogens is 222 g/mol. The van der Waals surface area contributed by atoms with Gasteiger partial charge in [-0.3, -0.25) is 4.79 Å². The lowest BCUT2D eigenvalue weighted by Crippen LogP contribution is -2.10. The van der Waals surface area contributed by atoms with Crippen molar-refractivity contribution in [3.63, 3.8) is 0 Å². The minimum absolute atomic E-state index is 0.391. The summed E-state index contributed by atoms with van der Waals surface area (Å²) in [5.41, 5.74) is 9.34. The third-order valence-electron chi connectivity index (χ3n) is 3.06. The van der Waals surface area contributed by atoms with Crippen LogP contribution in [0.15, 0.2) is 48.5 Å². The quantitative estimate of drug-likeness (QED) is 0.874. The predicted molar refractivity (Wildman–Crippen MR) is 74.5 cm³/mol. The molecule has 0 fully saturated rings. The molecule has 0 saturated heterocycles. The molecule has 2 heteroatoms. The lowest BCUT2D eigenvalue weighted by molar-refractivity contribution is 0.100. The number of hydrogen-bond acceptors (Lipinski definition) is 1. The second kappa shape index (κ2) is 5.05. The molecule has 2 rings (SSSR count). The fraction of sp³-hybridized carbons (Fsp3) is 0.188. The van der Waals surface area contributed by atoms with Gasteiger partial charge < -0.3 is 5.73 Å². The molecule has 0 bridgehead atoms. The van der Waals surface area contributed by atoms with Crippen LogP contribution >= 0.6 is 0 Å². The molecule has 0 aliphatic carbocycles. The Morgan fingerprint density at radius 3 is 2.22 bits per heavy atom. The van der Waals surface area contributed by atoms with E-state index in [4.69, 9.17) is 5.73 Å². The second-order valence-electron chi connectivity index (χ2n) is 4.72. The highest BCUT2D eigenvalue weighted by molar-refractivity contribution is 5.93. The van der Waals surface area contributed by atoms with Crippen LogP contribution in [0.4, 0.5) is 0 Å². The van der Waals surface area contributed by atoms with E-state index in [0.717, 1.165) is 11.1 Å². The van der Waals surface area contributed by atoms with Gasteiger partial charge in [0.25, 0.3) is 0 Å². The molecule has 0 radical (unpaired) electrons. The van der Waals surface area contributed by atoms with Crippen LogP contribution < -0.4 is 5.73 Å². The first kappa shape index (κ1) is 12.4. The van der Waals surface area contributed by atoms with E-state index in [9.17, 15) is 4.79 Å². The van der Waals surface area contributed by atoms with E-state index >= 15 is 0 Å². The molecule has 0 atom stereocenters. The Bertz CT molecular complexity index is 556. The van der Waals surface area contributed by atoms with Gasteiger partial charge in [-0.25, -0.2) is 0 Å². The van der Waals surface area contributed by atoms with Crippen molar-refractivity contribution in [2.45, 2.75) is 19.8 Å². The van der Waals surface area contributed by atoms with Crippen molar-refractivity contribution in [3.8, 4) is 11.1 Å². The lowest BCUT2D eigenvalue weighted by atomic mass is 9.97. The van der Waals surface area contributed by atoms with Gasteiger partial charge in [0.1, 0.15) is 0 Å². The van der Waals surface area contributed by atoms with E-state index in [1.807, 2.05) is 12.1 Å². The van der Waals surface area contributed by atoms with Gasteiger partial charge in [-0.05, 0) is 34.7 Å². The number of carbonyl (C=O) groups excluding carboxylic acids is 1. The van der Waals surface area contributed by atoms with Gasteiger partial charge in [0.2, 0.25) is 5.91 Å². The van der Waals surface area contributed by atoms with Crippen LogP contribution in [0.1, 0.15) is 35.7 Å². The van der Waals surface area contributed by atoms with E-state index in [0.29, 0.717) is 11.5 Å². The SMILES string of the molecule is CC(C)c1cccc(-c2ccc(C(N)=O)cc2)c1. The van der Waals surface area contributed by atoms with Gasteiger partial charge >= 0.3 is 0 Å². The number of nitrogens with two attached hydrogens (primary N) is 1. The maximum atomic E-state index is 11.0. The summed E-state index contributed by atoms with van der Waals surface area (Å²) in [5, 5.41) is 0. The molecular formula is C16H17NO. The molecule has 2 aromatic carbocycles. The molecule has 0 aliphatic heterocycles. The van der Waals surface area contributed by atoms with Gasteiger partial charge in [0.15, 0.2) is 0 Å². The van der Waals surface area contributed by atoms with Crippen molar-refractivity contribution in [3.05, 3.63) is 59.7 Å². The number of amides is 1. The number of hydrogen-bond donors (Lipinski definition) is 1. The van der Waals surface area contributed by atoms with Crippen LogP contribution in [-0.4, -0.2) is 5.91 Å². The summed E-state index contributed by atoms with van der Waals surface area (Å²) in [7, 11) is 0. The highest BCUT2D eigenvalue weighted by Gasteiger charge is 2.04. The number of rotatable bonds is 3. The molecule has 0 spiro atoms. The predicted octanol–water partition coefficient (Wildman–Crippen LogP) is 3.58. The third-order valence-corrected chi connectivity index (χ3v) is 3.06. The first-order valence-corrected chi connectivity index (χ1v) is 6.08. The molecule has 0 aliphatic rings. The van der Waals surface area contributed by atoms with Gasteiger partial charge in [-0.15, -0.1) is 0 Å². The van der Waals surface area contributed by atoms with Crippen molar-refractivity contribution in [2.24, 2.45) is 5.73 Å². The standard InChI is InChI=1S/C16H17NO/c1-11(2)14-4-3-5-15(10-14)12-6-8-13(9-7-12)16(17)18/h3-11H,1-2H3,(H2,17,18). The number of benzene rings is 2. The average Bonchev–Trinajstić information content (AvgIpc) is 2.39. The monoisotopic (exact) mass is 239 g/mol. The summed E-state index contributed by atoms with van der Waals surface area (Å²) in [6, 6.07) is 15.8. The van der Waals surface area contributed by atoms with E-state index in [-0.39, 0.29) is 0 Å². The number of carbonyl (C=O) groups is 1. The molecule has 2 nitrogen and oxygen atoms in total. The van der Waals surface area contributed by atoms with E-state index in [1.54, 1.807) is 12.1 Å². The maximum Gasteiger partial charge on any atom is 0.248 e. The van der Waals surface area contributed by atoms with E-state index in [1.165, 1.54) is 5.56 Å². The van der Waals surface area contributed by atoms with Crippen LogP contribution in [0.25, 0.3) is 11.1 Å². The minimum Gasteiger partial charge on any atom is -0.366 e. The highest BCUT2D eigenvalue weighted by atomic mass is 16.1. The zero-order valence-corrected chi connectivity index (χ0v) is 10.7. The van der Waals surface area contributed by atoms with Crippen molar-refractivity contribution < 1.29 is 4.79 Å². The summed E-state index contributed by atoms with van der Waals surface area (Å²) in [5.74, 6) is 0.118. The Hall–Kier alpha value is -2.09. The Kier molecular flexibility index (Phi) is 3.47. The second-order valence-corrected chi connectivity index (χ2v) is 4.72. The molecule has 0 saturated carbocycles. The summed E-state index contributed by atoms with van der Waals surface area (Å²) >= 11 is 0. The van der Waals surface area contributed by atoms with Crippen LogP contribution in [0.5, 0.6) is 0 Å². The first-order chi connectivity index (χ1) is 8.58. The maximum absolute atomic E-state index is 11.0. The van der Waals surface area contributed by atoms with Crippen molar-refractivity contribution >= 4 is 5.91 Å². The molecule has 18 heavy (non-hydrogen) atoms. The molecule has 2 aromatic rings. The highest BCUT2D eigenvalue weighted by Crippen LogP contribution is 2.24. The minimum atomic E-state index is -0.391. The Labute approximate surface area is 107 Å². The normalized spacial score (nSPS) is 10.6. The zero-order chi connectivity index (χ0) is 13.1. The molecule has 92 valence electrons. The Balaban J connectivity index is 2.36. The Morgan fingerprint density at radius 2 is 1.67 bits per heavy atom. The van der Waals surface area contributed by atoms with Crippen molar-refractivity contribution in [1.29, 1.82) is 0 Å². The largest absolute Gasteiger partial charge is 0.366 e. The first-order valence-electron chi connectivity index (χ1n) is 6.08. The Morgan fingerprint density at radius 1 is 1.00 bits per heavy atom. The molecule has 0 aromatic heterocycles. The fourth-order valence-corrected chi connectivity index (χ4v) is 1.90. The van der Waals surface area contributed by atoms with Gasteiger partial charge in [-0.1, -0.05) is 50.2 Å². The van der Waals surface area contributed by atoms with Crippen LogP contribution in [0, 0.1) is 0 Å². The van der Waals surface area contributed by atoms with Crippen molar-refractivity contribution in [1.82, 2.24) is 0 Å². The van der Waals surface area contributed by atoms with Gasteiger partial charge in [0.05, 0.1) is 0 Å². The third kappa shape index (κ3) is 2.59. The zero-order valence-electron chi connectivity index (χ0n) is 10.7. The molecule has 1 amide bonds.